The molecule has 0 radical (unpaired) electrons. The van der Waals surface area contributed by atoms with Crippen LogP contribution in [0, 0.1) is 5.82 Å². The summed E-state index contributed by atoms with van der Waals surface area (Å²) in [7, 11) is 1.56. The summed E-state index contributed by atoms with van der Waals surface area (Å²) in [6.45, 7) is 4.49. The summed E-state index contributed by atoms with van der Waals surface area (Å²) in [5.74, 6) is 0.385. The molecular formula is C17H25FN2O. The van der Waals surface area contributed by atoms with Gasteiger partial charge in [0, 0.05) is 29.8 Å². The van der Waals surface area contributed by atoms with Gasteiger partial charge in [0.05, 0.1) is 7.11 Å². The maximum Gasteiger partial charge on any atom is 0.131 e. The Morgan fingerprint density at radius 2 is 2.19 bits per heavy atom. The van der Waals surface area contributed by atoms with Crippen molar-refractivity contribution in [2.24, 2.45) is 0 Å². The van der Waals surface area contributed by atoms with Gasteiger partial charge in [-0.3, -0.25) is 0 Å². The molecule has 1 N–H and O–H groups in total. The van der Waals surface area contributed by atoms with Gasteiger partial charge in [-0.15, -0.1) is 0 Å². The summed E-state index contributed by atoms with van der Waals surface area (Å²) in [5.41, 5.74) is 0.727. The number of fused-ring (bicyclic) bond motifs is 1. The molecule has 2 aliphatic heterocycles. The minimum Gasteiger partial charge on any atom is -0.497 e. The van der Waals surface area contributed by atoms with Crippen LogP contribution >= 0.6 is 0 Å². The summed E-state index contributed by atoms with van der Waals surface area (Å²) in [6, 6.07) is 6.40. The van der Waals surface area contributed by atoms with Gasteiger partial charge in [-0.2, -0.15) is 0 Å². The fraction of sp³-hybridized carbons (Fsp3) is 0.647. The van der Waals surface area contributed by atoms with Crippen LogP contribution in [0.25, 0.3) is 0 Å². The Labute approximate surface area is 126 Å². The molecule has 2 heterocycles. The van der Waals surface area contributed by atoms with Gasteiger partial charge in [0.1, 0.15) is 11.6 Å². The van der Waals surface area contributed by atoms with Gasteiger partial charge in [-0.25, -0.2) is 4.39 Å². The molecule has 3 unspecified atom stereocenters. The van der Waals surface area contributed by atoms with E-state index in [1.165, 1.54) is 44.8 Å². The van der Waals surface area contributed by atoms with Gasteiger partial charge in [-0.05, 0) is 51.8 Å². The van der Waals surface area contributed by atoms with Crippen LogP contribution in [0.5, 0.6) is 5.75 Å². The number of benzene rings is 1. The Morgan fingerprint density at radius 3 is 2.95 bits per heavy atom. The quantitative estimate of drug-likeness (QED) is 0.923. The fourth-order valence-corrected chi connectivity index (χ4v) is 3.81. The molecule has 0 bridgehead atoms. The minimum absolute atomic E-state index is 0.0360. The van der Waals surface area contributed by atoms with Crippen molar-refractivity contribution in [1.29, 1.82) is 0 Å². The molecule has 0 amide bonds. The highest BCUT2D eigenvalue weighted by molar-refractivity contribution is 5.30. The zero-order chi connectivity index (χ0) is 14.8. The number of hydrogen-bond acceptors (Lipinski definition) is 3. The van der Waals surface area contributed by atoms with E-state index in [-0.39, 0.29) is 11.9 Å². The normalized spacial score (nSPS) is 27.4. The largest absolute Gasteiger partial charge is 0.497 e. The molecule has 116 valence electrons. The number of hydrogen-bond donors (Lipinski definition) is 1. The van der Waals surface area contributed by atoms with E-state index in [4.69, 9.17) is 4.74 Å². The van der Waals surface area contributed by atoms with E-state index in [9.17, 15) is 4.39 Å². The van der Waals surface area contributed by atoms with E-state index in [1.807, 2.05) is 19.1 Å². The Bertz CT molecular complexity index is 494. The molecule has 2 aliphatic rings. The smallest absolute Gasteiger partial charge is 0.131 e. The molecule has 21 heavy (non-hydrogen) atoms. The zero-order valence-corrected chi connectivity index (χ0v) is 12.9. The van der Waals surface area contributed by atoms with Crippen molar-refractivity contribution < 1.29 is 9.13 Å². The van der Waals surface area contributed by atoms with Crippen molar-refractivity contribution in [2.75, 3.05) is 20.2 Å². The second-order valence-electron chi connectivity index (χ2n) is 6.33. The van der Waals surface area contributed by atoms with E-state index in [1.54, 1.807) is 7.11 Å². The first kappa shape index (κ1) is 14.8. The first-order chi connectivity index (χ1) is 10.2. The maximum absolute atomic E-state index is 14.1. The SMILES string of the molecule is COc1ccc(C(C)NC2CCN3CCCC3C2)c(F)c1. The van der Waals surface area contributed by atoms with Crippen LogP contribution in [0.2, 0.25) is 0 Å². The highest BCUT2D eigenvalue weighted by Gasteiger charge is 2.32. The Hall–Kier alpha value is -1.13. The van der Waals surface area contributed by atoms with E-state index >= 15 is 0 Å². The number of methoxy groups -OCH3 is 1. The molecule has 4 heteroatoms. The lowest BCUT2D eigenvalue weighted by Gasteiger charge is -2.36. The van der Waals surface area contributed by atoms with Crippen LogP contribution < -0.4 is 10.1 Å². The van der Waals surface area contributed by atoms with Gasteiger partial charge in [0.25, 0.3) is 0 Å². The Kier molecular flexibility index (Phi) is 4.45. The number of ether oxygens (including phenoxy) is 1. The van der Waals surface area contributed by atoms with Gasteiger partial charge < -0.3 is 15.0 Å². The summed E-state index contributed by atoms with van der Waals surface area (Å²) < 4.78 is 19.2. The first-order valence-electron chi connectivity index (χ1n) is 8.01. The lowest BCUT2D eigenvalue weighted by Crippen LogP contribution is -2.46. The van der Waals surface area contributed by atoms with Crippen molar-refractivity contribution in [3.63, 3.8) is 0 Å². The van der Waals surface area contributed by atoms with Crippen molar-refractivity contribution in [3.05, 3.63) is 29.6 Å². The number of nitrogens with zero attached hydrogens (tertiary/aromatic N) is 1. The average Bonchev–Trinajstić information content (AvgIpc) is 2.94. The summed E-state index contributed by atoms with van der Waals surface area (Å²) >= 11 is 0. The van der Waals surface area contributed by atoms with Crippen molar-refractivity contribution in [3.8, 4) is 5.75 Å². The average molecular weight is 292 g/mol. The summed E-state index contributed by atoms with van der Waals surface area (Å²) in [6.07, 6.45) is 5.02. The fourth-order valence-electron chi connectivity index (χ4n) is 3.81. The Morgan fingerprint density at radius 1 is 1.33 bits per heavy atom. The second-order valence-corrected chi connectivity index (χ2v) is 6.33. The molecule has 3 rings (SSSR count). The van der Waals surface area contributed by atoms with Crippen LogP contribution in [0.4, 0.5) is 4.39 Å². The number of piperidine rings is 1. The molecule has 0 aliphatic carbocycles. The van der Waals surface area contributed by atoms with Crippen LogP contribution in [0.15, 0.2) is 18.2 Å². The molecule has 3 atom stereocenters. The molecule has 2 saturated heterocycles. The molecule has 1 aromatic carbocycles. The van der Waals surface area contributed by atoms with Gasteiger partial charge in [-0.1, -0.05) is 6.07 Å². The van der Waals surface area contributed by atoms with Crippen molar-refractivity contribution in [2.45, 2.75) is 50.7 Å². The lowest BCUT2D eigenvalue weighted by atomic mass is 9.96. The van der Waals surface area contributed by atoms with Crippen molar-refractivity contribution in [1.82, 2.24) is 10.2 Å². The zero-order valence-electron chi connectivity index (χ0n) is 12.9. The predicted octanol–water partition coefficient (Wildman–Crippen LogP) is 3.11. The van der Waals surface area contributed by atoms with Gasteiger partial charge >= 0.3 is 0 Å². The molecule has 3 nitrogen and oxygen atoms in total. The molecule has 2 fully saturated rings. The summed E-state index contributed by atoms with van der Waals surface area (Å²) in [4.78, 5) is 2.61. The first-order valence-corrected chi connectivity index (χ1v) is 8.01. The minimum atomic E-state index is -0.187. The van der Waals surface area contributed by atoms with Crippen molar-refractivity contribution >= 4 is 0 Å². The van der Waals surface area contributed by atoms with Crippen LogP contribution in [0.3, 0.4) is 0 Å². The van der Waals surface area contributed by atoms with Gasteiger partial charge in [0.15, 0.2) is 0 Å². The highest BCUT2D eigenvalue weighted by atomic mass is 19.1. The monoisotopic (exact) mass is 292 g/mol. The third-order valence-corrected chi connectivity index (χ3v) is 4.98. The van der Waals surface area contributed by atoms with Crippen LogP contribution in [-0.4, -0.2) is 37.2 Å². The van der Waals surface area contributed by atoms with Gasteiger partial charge in [0.2, 0.25) is 0 Å². The topological polar surface area (TPSA) is 24.5 Å². The number of nitrogens with one attached hydrogen (secondary N) is 1. The predicted molar refractivity (Wildman–Crippen MR) is 82.1 cm³/mol. The second kappa shape index (κ2) is 6.32. The van der Waals surface area contributed by atoms with E-state index in [0.717, 1.165) is 11.6 Å². The lowest BCUT2D eigenvalue weighted by molar-refractivity contribution is 0.162. The third kappa shape index (κ3) is 3.22. The standard InChI is InChI=1S/C17H25FN2O/c1-12(16-6-5-15(21-2)11-17(16)18)19-13-7-9-20-8-3-4-14(20)10-13/h5-6,11-14,19H,3-4,7-10H2,1-2H3. The van der Waals surface area contributed by atoms with E-state index < -0.39 is 0 Å². The molecular weight excluding hydrogens is 267 g/mol. The molecule has 0 saturated carbocycles. The molecule has 0 aromatic heterocycles. The van der Waals surface area contributed by atoms with Crippen LogP contribution in [-0.2, 0) is 0 Å². The Balaban J connectivity index is 1.62. The summed E-state index contributed by atoms with van der Waals surface area (Å²) in [5, 5.41) is 3.62. The van der Waals surface area contributed by atoms with E-state index in [0.29, 0.717) is 11.8 Å². The maximum atomic E-state index is 14.1. The number of halogens is 1. The van der Waals surface area contributed by atoms with E-state index in [2.05, 4.69) is 10.2 Å². The molecule has 0 spiro atoms. The molecule has 1 aromatic rings. The van der Waals surface area contributed by atoms with Crippen LogP contribution in [0.1, 0.15) is 44.2 Å². The third-order valence-electron chi connectivity index (χ3n) is 4.98. The number of rotatable bonds is 4. The highest BCUT2D eigenvalue weighted by Crippen LogP contribution is 2.29.